The van der Waals surface area contributed by atoms with Gasteiger partial charge in [0.15, 0.2) is 0 Å². The van der Waals surface area contributed by atoms with E-state index < -0.39 is 0 Å². The van der Waals surface area contributed by atoms with Crippen LogP contribution in [0.25, 0.3) is 5.69 Å². The molecule has 1 fully saturated rings. The number of carbonyl (C=O) groups is 1. The highest BCUT2D eigenvalue weighted by atomic mass is 16.1. The molecule has 0 radical (unpaired) electrons. The summed E-state index contributed by atoms with van der Waals surface area (Å²) in [5.41, 5.74) is 1.74. The van der Waals surface area contributed by atoms with Crippen LogP contribution in [0.5, 0.6) is 0 Å². The highest BCUT2D eigenvalue weighted by Gasteiger charge is 2.28. The zero-order chi connectivity index (χ0) is 13.9. The predicted octanol–water partition coefficient (Wildman–Crippen LogP) is 1.67. The lowest BCUT2D eigenvalue weighted by Crippen LogP contribution is -2.48. The molecule has 2 N–H and O–H groups in total. The minimum absolute atomic E-state index is 0.0320. The molecule has 20 heavy (non-hydrogen) atoms. The van der Waals surface area contributed by atoms with E-state index in [4.69, 9.17) is 0 Å². The molecule has 0 saturated carbocycles. The third kappa shape index (κ3) is 2.58. The van der Waals surface area contributed by atoms with E-state index in [-0.39, 0.29) is 11.8 Å². The van der Waals surface area contributed by atoms with E-state index in [0.29, 0.717) is 5.92 Å². The van der Waals surface area contributed by atoms with Crippen molar-refractivity contribution in [2.24, 2.45) is 11.8 Å². The Labute approximate surface area is 118 Å². The van der Waals surface area contributed by atoms with Crippen LogP contribution in [-0.2, 0) is 4.79 Å². The van der Waals surface area contributed by atoms with Crippen LogP contribution in [0.3, 0.4) is 0 Å². The average Bonchev–Trinajstić information content (AvgIpc) is 2.90. The Kier molecular flexibility index (Phi) is 3.52. The fraction of sp³-hybridized carbons (Fsp3) is 0.333. The summed E-state index contributed by atoms with van der Waals surface area (Å²) in [5.74, 6) is 0.558. The highest BCUT2D eigenvalue weighted by Crippen LogP contribution is 2.19. The second-order valence-electron chi connectivity index (χ2n) is 5.20. The van der Waals surface area contributed by atoms with E-state index in [2.05, 4.69) is 15.7 Å². The number of hydrogen-bond acceptors (Lipinski definition) is 3. The minimum Gasteiger partial charge on any atom is -0.326 e. The molecule has 2 aromatic rings. The lowest BCUT2D eigenvalue weighted by Gasteiger charge is -2.31. The van der Waals surface area contributed by atoms with Crippen LogP contribution in [0.4, 0.5) is 5.69 Å². The van der Waals surface area contributed by atoms with Crippen LogP contribution in [0.1, 0.15) is 6.92 Å². The number of rotatable bonds is 4. The monoisotopic (exact) mass is 270 g/mol. The predicted molar refractivity (Wildman–Crippen MR) is 77.7 cm³/mol. The molecule has 1 aliphatic heterocycles. The molecule has 104 valence electrons. The first kappa shape index (κ1) is 12.9. The standard InChI is InChI=1S/C15H18N4O/c1-11(12-9-16-10-12)15(20)18-13-4-2-5-14(8-13)19-7-3-6-17-19/h2-8,11-12,16H,9-10H2,1H3,(H,18,20). The van der Waals surface area contributed by atoms with Crippen molar-refractivity contribution in [3.63, 3.8) is 0 Å². The molecule has 0 spiro atoms. The van der Waals surface area contributed by atoms with Crippen molar-refractivity contribution >= 4 is 11.6 Å². The molecular weight excluding hydrogens is 252 g/mol. The summed E-state index contributed by atoms with van der Waals surface area (Å²) in [5, 5.41) is 10.4. The fourth-order valence-electron chi connectivity index (χ4n) is 2.28. The molecule has 1 aromatic heterocycles. The number of anilines is 1. The van der Waals surface area contributed by atoms with E-state index in [0.717, 1.165) is 24.5 Å². The Morgan fingerprint density at radius 1 is 1.45 bits per heavy atom. The molecule has 5 nitrogen and oxygen atoms in total. The van der Waals surface area contributed by atoms with Gasteiger partial charge in [0.1, 0.15) is 0 Å². The van der Waals surface area contributed by atoms with Gasteiger partial charge in [-0.05, 0) is 43.3 Å². The molecule has 0 bridgehead atoms. The second kappa shape index (κ2) is 5.46. The Balaban J connectivity index is 1.71. The van der Waals surface area contributed by atoms with Crippen molar-refractivity contribution in [3.05, 3.63) is 42.7 Å². The van der Waals surface area contributed by atoms with Crippen molar-refractivity contribution < 1.29 is 4.79 Å². The number of nitrogens with zero attached hydrogens (tertiary/aromatic N) is 2. The third-order valence-corrected chi connectivity index (χ3v) is 3.82. The minimum atomic E-state index is 0.0320. The van der Waals surface area contributed by atoms with Crippen LogP contribution in [-0.4, -0.2) is 28.8 Å². The number of nitrogens with one attached hydrogen (secondary N) is 2. The van der Waals surface area contributed by atoms with Crippen molar-refractivity contribution in [1.29, 1.82) is 0 Å². The number of hydrogen-bond donors (Lipinski definition) is 2. The van der Waals surface area contributed by atoms with Gasteiger partial charge in [0.2, 0.25) is 5.91 Å². The van der Waals surface area contributed by atoms with E-state index in [9.17, 15) is 4.79 Å². The van der Waals surface area contributed by atoms with Gasteiger partial charge in [0.25, 0.3) is 0 Å². The normalized spacial score (nSPS) is 16.4. The third-order valence-electron chi connectivity index (χ3n) is 3.82. The molecule has 1 aliphatic rings. The molecule has 5 heteroatoms. The number of amides is 1. The first-order valence-electron chi connectivity index (χ1n) is 6.86. The molecule has 1 atom stereocenters. The van der Waals surface area contributed by atoms with E-state index in [1.165, 1.54) is 0 Å². The molecule has 2 heterocycles. The molecular formula is C15H18N4O. The number of carbonyl (C=O) groups excluding carboxylic acids is 1. The van der Waals surface area contributed by atoms with Crippen molar-refractivity contribution in [2.45, 2.75) is 6.92 Å². The highest BCUT2D eigenvalue weighted by molar-refractivity contribution is 5.92. The van der Waals surface area contributed by atoms with Gasteiger partial charge in [-0.1, -0.05) is 13.0 Å². The summed E-state index contributed by atoms with van der Waals surface area (Å²) in [7, 11) is 0. The maximum atomic E-state index is 12.2. The molecule has 1 aromatic carbocycles. The number of aromatic nitrogens is 2. The SMILES string of the molecule is CC(C(=O)Nc1cccc(-n2cccn2)c1)C1CNC1. The Hall–Kier alpha value is -2.14. The summed E-state index contributed by atoms with van der Waals surface area (Å²) in [6.45, 7) is 3.85. The second-order valence-corrected chi connectivity index (χ2v) is 5.20. The molecule has 1 saturated heterocycles. The summed E-state index contributed by atoms with van der Waals surface area (Å²) in [6, 6.07) is 9.58. The van der Waals surface area contributed by atoms with E-state index in [1.807, 2.05) is 43.5 Å². The van der Waals surface area contributed by atoms with Crippen LogP contribution in [0, 0.1) is 11.8 Å². The van der Waals surface area contributed by atoms with Crippen molar-refractivity contribution in [2.75, 3.05) is 18.4 Å². The Morgan fingerprint density at radius 3 is 2.95 bits per heavy atom. The van der Waals surface area contributed by atoms with Gasteiger partial charge >= 0.3 is 0 Å². The van der Waals surface area contributed by atoms with Gasteiger partial charge in [-0.15, -0.1) is 0 Å². The number of benzene rings is 1. The van der Waals surface area contributed by atoms with Crippen LogP contribution in [0.2, 0.25) is 0 Å². The molecule has 3 rings (SSSR count). The van der Waals surface area contributed by atoms with Crippen LogP contribution in [0.15, 0.2) is 42.7 Å². The lowest BCUT2D eigenvalue weighted by molar-refractivity contribution is -0.121. The fourth-order valence-corrected chi connectivity index (χ4v) is 2.28. The lowest BCUT2D eigenvalue weighted by atomic mass is 9.88. The van der Waals surface area contributed by atoms with Gasteiger partial charge in [0, 0.05) is 24.0 Å². The van der Waals surface area contributed by atoms with Gasteiger partial charge in [-0.3, -0.25) is 4.79 Å². The van der Waals surface area contributed by atoms with Crippen LogP contribution < -0.4 is 10.6 Å². The zero-order valence-electron chi connectivity index (χ0n) is 11.4. The largest absolute Gasteiger partial charge is 0.326 e. The quantitative estimate of drug-likeness (QED) is 0.888. The Bertz CT molecular complexity index is 590. The first-order valence-corrected chi connectivity index (χ1v) is 6.86. The summed E-state index contributed by atoms with van der Waals surface area (Å²) in [4.78, 5) is 12.2. The summed E-state index contributed by atoms with van der Waals surface area (Å²) < 4.78 is 1.77. The Morgan fingerprint density at radius 2 is 2.30 bits per heavy atom. The topological polar surface area (TPSA) is 59.0 Å². The molecule has 1 amide bonds. The molecule has 1 unspecified atom stereocenters. The average molecular weight is 270 g/mol. The van der Waals surface area contributed by atoms with Gasteiger partial charge in [0.05, 0.1) is 5.69 Å². The molecule has 0 aliphatic carbocycles. The maximum Gasteiger partial charge on any atom is 0.227 e. The van der Waals surface area contributed by atoms with E-state index >= 15 is 0 Å². The van der Waals surface area contributed by atoms with Crippen molar-refractivity contribution in [1.82, 2.24) is 15.1 Å². The zero-order valence-corrected chi connectivity index (χ0v) is 11.4. The van der Waals surface area contributed by atoms with Crippen LogP contribution >= 0.6 is 0 Å². The van der Waals surface area contributed by atoms with E-state index in [1.54, 1.807) is 10.9 Å². The van der Waals surface area contributed by atoms with Gasteiger partial charge in [-0.2, -0.15) is 5.10 Å². The smallest absolute Gasteiger partial charge is 0.227 e. The first-order chi connectivity index (χ1) is 9.74. The summed E-state index contributed by atoms with van der Waals surface area (Å²) in [6.07, 6.45) is 3.61. The van der Waals surface area contributed by atoms with Crippen molar-refractivity contribution in [3.8, 4) is 5.69 Å². The summed E-state index contributed by atoms with van der Waals surface area (Å²) >= 11 is 0. The van der Waals surface area contributed by atoms with Gasteiger partial charge < -0.3 is 10.6 Å². The maximum absolute atomic E-state index is 12.2. The van der Waals surface area contributed by atoms with Gasteiger partial charge in [-0.25, -0.2) is 4.68 Å².